The fourth-order valence-corrected chi connectivity index (χ4v) is 3.22. The zero-order chi connectivity index (χ0) is 16.5. The summed E-state index contributed by atoms with van der Waals surface area (Å²) in [5.41, 5.74) is 2.34. The highest BCUT2D eigenvalue weighted by atomic mass is 16.5. The van der Waals surface area contributed by atoms with Crippen LogP contribution < -0.4 is 4.74 Å². The van der Waals surface area contributed by atoms with Crippen LogP contribution in [-0.4, -0.2) is 47.9 Å². The lowest BCUT2D eigenvalue weighted by Gasteiger charge is -2.32. The molecule has 0 amide bonds. The lowest BCUT2D eigenvalue weighted by Crippen LogP contribution is -2.40. The summed E-state index contributed by atoms with van der Waals surface area (Å²) in [4.78, 5) is 2.21. The van der Waals surface area contributed by atoms with Gasteiger partial charge in [0, 0.05) is 25.6 Å². The van der Waals surface area contributed by atoms with E-state index in [9.17, 15) is 0 Å². The van der Waals surface area contributed by atoms with Crippen LogP contribution in [0.2, 0.25) is 0 Å². The summed E-state index contributed by atoms with van der Waals surface area (Å²) in [6.45, 7) is 4.50. The van der Waals surface area contributed by atoms with Crippen molar-refractivity contribution >= 4 is 12.2 Å². The first kappa shape index (κ1) is 15.4. The Labute approximate surface area is 141 Å². The molecule has 0 unspecified atom stereocenters. The largest absolute Gasteiger partial charge is 0.493 e. The quantitative estimate of drug-likeness (QED) is 0.863. The molecule has 2 aromatic rings. The van der Waals surface area contributed by atoms with Gasteiger partial charge in [-0.25, -0.2) is 0 Å². The van der Waals surface area contributed by atoms with E-state index in [1.807, 2.05) is 24.3 Å². The van der Waals surface area contributed by atoms with Gasteiger partial charge in [-0.15, -0.1) is 10.2 Å². The van der Waals surface area contributed by atoms with Gasteiger partial charge in [0.2, 0.25) is 11.8 Å². The van der Waals surface area contributed by atoms with Gasteiger partial charge >= 0.3 is 0 Å². The van der Waals surface area contributed by atoms with E-state index in [1.54, 1.807) is 0 Å². The van der Waals surface area contributed by atoms with E-state index in [-0.39, 0.29) is 12.2 Å². The molecule has 6 nitrogen and oxygen atoms in total. The highest BCUT2D eigenvalue weighted by Crippen LogP contribution is 2.27. The molecule has 2 atom stereocenters. The Morgan fingerprint density at radius 2 is 2.12 bits per heavy atom. The van der Waals surface area contributed by atoms with E-state index < -0.39 is 0 Å². The minimum absolute atomic E-state index is 0.160. The number of rotatable bonds is 3. The number of nitrogens with zero attached hydrogens (tertiary/aromatic N) is 3. The highest BCUT2D eigenvalue weighted by Gasteiger charge is 2.28. The zero-order valence-electron chi connectivity index (χ0n) is 13.9. The van der Waals surface area contributed by atoms with E-state index in [2.05, 4.69) is 35.1 Å². The number of aromatic nitrogens is 2. The van der Waals surface area contributed by atoms with Crippen molar-refractivity contribution < 1.29 is 13.9 Å². The van der Waals surface area contributed by atoms with Gasteiger partial charge in [-0.2, -0.15) is 0 Å². The van der Waals surface area contributed by atoms with Crippen LogP contribution >= 0.6 is 0 Å². The number of hydrogen-bond acceptors (Lipinski definition) is 6. The minimum Gasteiger partial charge on any atom is -0.493 e. The summed E-state index contributed by atoms with van der Waals surface area (Å²) < 4.78 is 17.2. The third kappa shape index (κ3) is 3.20. The summed E-state index contributed by atoms with van der Waals surface area (Å²) in [5, 5.41) is 8.24. The Bertz CT molecular complexity index is 746. The van der Waals surface area contributed by atoms with E-state index in [4.69, 9.17) is 13.9 Å². The summed E-state index contributed by atoms with van der Waals surface area (Å²) in [6, 6.07) is 6.17. The molecule has 2 aliphatic rings. The van der Waals surface area contributed by atoms with Gasteiger partial charge < -0.3 is 18.8 Å². The maximum absolute atomic E-state index is 5.89. The maximum Gasteiger partial charge on any atom is 0.246 e. The number of likely N-dealkylation sites (N-methyl/N-ethyl adjacent to an activating group) is 1. The predicted molar refractivity (Wildman–Crippen MR) is 89.7 cm³/mol. The van der Waals surface area contributed by atoms with E-state index in [0.29, 0.717) is 11.8 Å². The molecule has 0 radical (unpaired) electrons. The van der Waals surface area contributed by atoms with Gasteiger partial charge in [0.05, 0.1) is 12.7 Å². The first-order chi connectivity index (χ1) is 11.7. The Morgan fingerprint density at radius 1 is 1.21 bits per heavy atom. The van der Waals surface area contributed by atoms with Crippen molar-refractivity contribution in [2.24, 2.45) is 0 Å². The predicted octanol–water partition coefficient (Wildman–Crippen LogP) is 2.57. The van der Waals surface area contributed by atoms with Crippen molar-refractivity contribution in [3.05, 3.63) is 41.1 Å². The normalized spacial score (nSPS) is 24.2. The Balaban J connectivity index is 1.47. The second-order valence-corrected chi connectivity index (χ2v) is 6.43. The summed E-state index contributed by atoms with van der Waals surface area (Å²) in [7, 11) is 2.07. The fourth-order valence-electron chi connectivity index (χ4n) is 3.22. The molecule has 2 aliphatic heterocycles. The molecule has 0 aliphatic carbocycles. The second-order valence-electron chi connectivity index (χ2n) is 6.43. The molecule has 24 heavy (non-hydrogen) atoms. The van der Waals surface area contributed by atoms with Crippen LogP contribution in [0.3, 0.4) is 0 Å². The average Bonchev–Trinajstić information content (AvgIpc) is 3.20. The summed E-state index contributed by atoms with van der Waals surface area (Å²) in [6.07, 6.45) is 4.78. The second kappa shape index (κ2) is 6.37. The monoisotopic (exact) mass is 327 g/mol. The van der Waals surface area contributed by atoms with E-state index in [1.165, 1.54) is 5.56 Å². The molecule has 6 heteroatoms. The van der Waals surface area contributed by atoms with Crippen molar-refractivity contribution in [2.75, 3.05) is 26.7 Å². The Kier molecular flexibility index (Phi) is 4.08. The number of benzene rings is 1. The van der Waals surface area contributed by atoms with Crippen LogP contribution in [0.5, 0.6) is 5.75 Å². The van der Waals surface area contributed by atoms with Crippen LogP contribution in [0, 0.1) is 0 Å². The molecular formula is C18H21N3O3. The molecule has 0 saturated carbocycles. The summed E-state index contributed by atoms with van der Waals surface area (Å²) >= 11 is 0. The standard InChI is InChI=1S/C18H21N3O3/c1-12-10-21(2)11-16(23-12)18-20-19-17(24-18)6-4-13-3-5-15-14(9-13)7-8-22-15/h3-6,9,12,16H,7-8,10-11H2,1-2H3/t12-,16-/m1/s1. The molecule has 1 aromatic heterocycles. The Hall–Kier alpha value is -2.18. The summed E-state index contributed by atoms with van der Waals surface area (Å²) in [5.74, 6) is 2.02. The fraction of sp³-hybridized carbons (Fsp3) is 0.444. The molecule has 1 aromatic carbocycles. The first-order valence-corrected chi connectivity index (χ1v) is 8.28. The third-order valence-corrected chi connectivity index (χ3v) is 4.31. The molecule has 1 fully saturated rings. The van der Waals surface area contributed by atoms with Gasteiger partial charge in [-0.05, 0) is 43.3 Å². The van der Waals surface area contributed by atoms with Crippen LogP contribution in [0.25, 0.3) is 12.2 Å². The minimum atomic E-state index is -0.162. The van der Waals surface area contributed by atoms with Crippen LogP contribution in [0.15, 0.2) is 22.6 Å². The van der Waals surface area contributed by atoms with Gasteiger partial charge in [0.25, 0.3) is 0 Å². The molecule has 1 saturated heterocycles. The van der Waals surface area contributed by atoms with Crippen molar-refractivity contribution in [1.29, 1.82) is 0 Å². The SMILES string of the molecule is C[C@@H]1CN(C)C[C@H](c2nnc(C=Cc3ccc4c(c3)CCO4)o2)O1. The first-order valence-electron chi connectivity index (χ1n) is 8.28. The molecule has 0 spiro atoms. The van der Waals surface area contributed by atoms with Crippen LogP contribution in [-0.2, 0) is 11.2 Å². The van der Waals surface area contributed by atoms with Crippen molar-refractivity contribution in [3.63, 3.8) is 0 Å². The van der Waals surface area contributed by atoms with Gasteiger partial charge in [0.1, 0.15) is 11.9 Å². The smallest absolute Gasteiger partial charge is 0.246 e. The van der Waals surface area contributed by atoms with Crippen molar-refractivity contribution in [3.8, 4) is 5.75 Å². The number of fused-ring (bicyclic) bond motifs is 1. The third-order valence-electron chi connectivity index (χ3n) is 4.31. The topological polar surface area (TPSA) is 60.6 Å². The van der Waals surface area contributed by atoms with E-state index >= 15 is 0 Å². The number of morpholine rings is 1. The van der Waals surface area contributed by atoms with Gasteiger partial charge in [0.15, 0.2) is 0 Å². The van der Waals surface area contributed by atoms with Crippen molar-refractivity contribution in [2.45, 2.75) is 25.6 Å². The van der Waals surface area contributed by atoms with E-state index in [0.717, 1.165) is 37.4 Å². The molecule has 3 heterocycles. The van der Waals surface area contributed by atoms with Gasteiger partial charge in [-0.3, -0.25) is 0 Å². The number of ether oxygens (including phenoxy) is 2. The van der Waals surface area contributed by atoms with Gasteiger partial charge in [-0.1, -0.05) is 6.07 Å². The zero-order valence-corrected chi connectivity index (χ0v) is 13.9. The molecular weight excluding hydrogens is 306 g/mol. The Morgan fingerprint density at radius 3 is 3.00 bits per heavy atom. The molecule has 0 N–H and O–H groups in total. The lowest BCUT2D eigenvalue weighted by molar-refractivity contribution is -0.0823. The average molecular weight is 327 g/mol. The van der Waals surface area contributed by atoms with Crippen molar-refractivity contribution in [1.82, 2.24) is 15.1 Å². The number of hydrogen-bond donors (Lipinski definition) is 0. The van der Waals surface area contributed by atoms with Crippen LogP contribution in [0.4, 0.5) is 0 Å². The highest BCUT2D eigenvalue weighted by molar-refractivity contribution is 5.67. The molecule has 0 bridgehead atoms. The molecule has 4 rings (SSSR count). The van der Waals surface area contributed by atoms with Crippen LogP contribution in [0.1, 0.15) is 35.9 Å². The maximum atomic E-state index is 5.89. The lowest BCUT2D eigenvalue weighted by atomic mass is 10.1. The molecule has 126 valence electrons.